The highest BCUT2D eigenvalue weighted by atomic mass is 16.3. The molecule has 2 heteroatoms. The molecule has 0 bridgehead atoms. The van der Waals surface area contributed by atoms with Gasteiger partial charge in [-0.3, -0.25) is 0 Å². The summed E-state index contributed by atoms with van der Waals surface area (Å²) in [4.78, 5) is 0. The largest absolute Gasteiger partial charge is 0.395 e. The van der Waals surface area contributed by atoms with Gasteiger partial charge in [-0.1, -0.05) is 42.5 Å². The summed E-state index contributed by atoms with van der Waals surface area (Å²) in [5, 5.41) is 11.4. The zero-order valence-corrected chi connectivity index (χ0v) is 9.26. The van der Waals surface area contributed by atoms with E-state index in [2.05, 4.69) is 36.4 Å². The molecule has 0 fully saturated rings. The van der Waals surface area contributed by atoms with E-state index in [0.717, 1.165) is 12.8 Å². The standard InChI is InChI=1S/C14H17NO/c15-13(10-16)9-8-12-6-3-5-11-4-1-2-7-14(11)12/h1-7,13,16H,8-10,15H2. The van der Waals surface area contributed by atoms with Crippen molar-refractivity contribution in [2.24, 2.45) is 5.73 Å². The fraction of sp³-hybridized carbons (Fsp3) is 0.286. The SMILES string of the molecule is NC(CO)CCc1cccc2ccccc12. The Bertz CT molecular complexity index is 462. The molecular weight excluding hydrogens is 198 g/mol. The lowest BCUT2D eigenvalue weighted by Crippen LogP contribution is -2.24. The van der Waals surface area contributed by atoms with Crippen LogP contribution in [0.2, 0.25) is 0 Å². The molecule has 2 aromatic rings. The Morgan fingerprint density at radius 2 is 1.81 bits per heavy atom. The van der Waals surface area contributed by atoms with Crippen molar-refractivity contribution in [1.29, 1.82) is 0 Å². The summed E-state index contributed by atoms with van der Waals surface area (Å²) in [6.07, 6.45) is 1.74. The monoisotopic (exact) mass is 215 g/mol. The number of nitrogens with two attached hydrogens (primary N) is 1. The van der Waals surface area contributed by atoms with E-state index in [1.165, 1.54) is 16.3 Å². The molecule has 84 valence electrons. The first kappa shape index (κ1) is 11.1. The van der Waals surface area contributed by atoms with Gasteiger partial charge in [-0.25, -0.2) is 0 Å². The van der Waals surface area contributed by atoms with Crippen LogP contribution in [0.25, 0.3) is 10.8 Å². The average molecular weight is 215 g/mol. The van der Waals surface area contributed by atoms with E-state index in [9.17, 15) is 0 Å². The van der Waals surface area contributed by atoms with E-state index < -0.39 is 0 Å². The molecule has 1 atom stereocenters. The molecule has 16 heavy (non-hydrogen) atoms. The smallest absolute Gasteiger partial charge is 0.0582 e. The highest BCUT2D eigenvalue weighted by molar-refractivity contribution is 5.85. The van der Waals surface area contributed by atoms with Gasteiger partial charge in [0.15, 0.2) is 0 Å². The molecule has 0 spiro atoms. The van der Waals surface area contributed by atoms with Crippen molar-refractivity contribution in [2.45, 2.75) is 18.9 Å². The highest BCUT2D eigenvalue weighted by Crippen LogP contribution is 2.19. The van der Waals surface area contributed by atoms with Gasteiger partial charge in [0.05, 0.1) is 6.61 Å². The molecule has 0 amide bonds. The zero-order chi connectivity index (χ0) is 11.4. The third-order valence-corrected chi connectivity index (χ3v) is 2.90. The second-order valence-corrected chi connectivity index (χ2v) is 4.12. The lowest BCUT2D eigenvalue weighted by Gasteiger charge is -2.09. The molecule has 0 radical (unpaired) electrons. The molecule has 2 rings (SSSR count). The van der Waals surface area contributed by atoms with Crippen molar-refractivity contribution in [3.63, 3.8) is 0 Å². The summed E-state index contributed by atoms with van der Waals surface area (Å²) in [5.41, 5.74) is 7.02. The van der Waals surface area contributed by atoms with Crippen molar-refractivity contribution < 1.29 is 5.11 Å². The maximum absolute atomic E-state index is 8.90. The minimum atomic E-state index is -0.112. The van der Waals surface area contributed by atoms with Crippen molar-refractivity contribution in [3.05, 3.63) is 48.0 Å². The van der Waals surface area contributed by atoms with E-state index >= 15 is 0 Å². The fourth-order valence-electron chi connectivity index (χ4n) is 1.94. The second kappa shape index (κ2) is 5.10. The van der Waals surface area contributed by atoms with Crippen molar-refractivity contribution >= 4 is 10.8 Å². The van der Waals surface area contributed by atoms with Gasteiger partial charge in [0.1, 0.15) is 0 Å². The maximum atomic E-state index is 8.90. The number of benzene rings is 2. The summed E-state index contributed by atoms with van der Waals surface area (Å²) < 4.78 is 0. The first-order valence-corrected chi connectivity index (χ1v) is 5.64. The molecule has 0 aromatic heterocycles. The highest BCUT2D eigenvalue weighted by Gasteiger charge is 2.03. The maximum Gasteiger partial charge on any atom is 0.0582 e. The number of rotatable bonds is 4. The Kier molecular flexibility index (Phi) is 3.54. The molecule has 0 aliphatic heterocycles. The topological polar surface area (TPSA) is 46.2 Å². The van der Waals surface area contributed by atoms with Crippen molar-refractivity contribution in [1.82, 2.24) is 0 Å². The Hall–Kier alpha value is -1.38. The predicted octanol–water partition coefficient (Wildman–Crippen LogP) is 2.09. The van der Waals surface area contributed by atoms with Gasteiger partial charge >= 0.3 is 0 Å². The molecular formula is C14H17NO. The van der Waals surface area contributed by atoms with E-state index in [4.69, 9.17) is 10.8 Å². The second-order valence-electron chi connectivity index (χ2n) is 4.12. The molecule has 0 aliphatic carbocycles. The first-order valence-electron chi connectivity index (χ1n) is 5.64. The molecule has 1 unspecified atom stereocenters. The van der Waals surface area contributed by atoms with Crippen molar-refractivity contribution in [3.8, 4) is 0 Å². The molecule has 3 N–H and O–H groups in total. The lowest BCUT2D eigenvalue weighted by molar-refractivity contribution is 0.260. The van der Waals surface area contributed by atoms with Gasteiger partial charge < -0.3 is 10.8 Å². The minimum absolute atomic E-state index is 0.0603. The van der Waals surface area contributed by atoms with Crippen LogP contribution in [0.15, 0.2) is 42.5 Å². The van der Waals surface area contributed by atoms with E-state index in [0.29, 0.717) is 0 Å². The van der Waals surface area contributed by atoms with E-state index in [1.807, 2.05) is 6.07 Å². The predicted molar refractivity (Wildman–Crippen MR) is 67.3 cm³/mol. The van der Waals surface area contributed by atoms with Gasteiger partial charge in [-0.2, -0.15) is 0 Å². The van der Waals surface area contributed by atoms with E-state index in [-0.39, 0.29) is 12.6 Å². The van der Waals surface area contributed by atoms with E-state index in [1.54, 1.807) is 0 Å². The lowest BCUT2D eigenvalue weighted by atomic mass is 9.99. The Balaban J connectivity index is 2.23. The van der Waals surface area contributed by atoms with Gasteiger partial charge in [-0.15, -0.1) is 0 Å². The zero-order valence-electron chi connectivity index (χ0n) is 9.26. The quantitative estimate of drug-likeness (QED) is 0.820. The third-order valence-electron chi connectivity index (χ3n) is 2.90. The van der Waals surface area contributed by atoms with Crippen LogP contribution in [0.1, 0.15) is 12.0 Å². The number of hydrogen-bond acceptors (Lipinski definition) is 2. The van der Waals surface area contributed by atoms with Gasteiger partial charge in [0.25, 0.3) is 0 Å². The molecule has 2 nitrogen and oxygen atoms in total. The van der Waals surface area contributed by atoms with Crippen LogP contribution < -0.4 is 5.73 Å². The number of aryl methyl sites for hydroxylation is 1. The molecule has 0 saturated carbocycles. The molecule has 0 saturated heterocycles. The normalized spacial score (nSPS) is 12.9. The summed E-state index contributed by atoms with van der Waals surface area (Å²) in [6, 6.07) is 14.6. The minimum Gasteiger partial charge on any atom is -0.395 e. The van der Waals surface area contributed by atoms with Gasteiger partial charge in [0.2, 0.25) is 0 Å². The van der Waals surface area contributed by atoms with Crippen LogP contribution in [0.4, 0.5) is 0 Å². The molecule has 2 aromatic carbocycles. The summed E-state index contributed by atoms with van der Waals surface area (Å²) in [5.74, 6) is 0. The van der Waals surface area contributed by atoms with Crippen molar-refractivity contribution in [2.75, 3.05) is 6.61 Å². The fourth-order valence-corrected chi connectivity index (χ4v) is 1.94. The van der Waals surface area contributed by atoms with Crippen LogP contribution in [0.5, 0.6) is 0 Å². The van der Waals surface area contributed by atoms with Crippen LogP contribution in [0, 0.1) is 0 Å². The molecule has 0 aliphatic rings. The van der Waals surface area contributed by atoms with Crippen LogP contribution in [-0.2, 0) is 6.42 Å². The Morgan fingerprint density at radius 3 is 2.62 bits per heavy atom. The summed E-state index contributed by atoms with van der Waals surface area (Å²) in [6.45, 7) is 0.0603. The number of fused-ring (bicyclic) bond motifs is 1. The Labute approximate surface area is 95.7 Å². The van der Waals surface area contributed by atoms with Gasteiger partial charge in [-0.05, 0) is 29.2 Å². The van der Waals surface area contributed by atoms with Crippen LogP contribution in [-0.4, -0.2) is 17.8 Å². The molecule has 0 heterocycles. The Morgan fingerprint density at radius 1 is 1.06 bits per heavy atom. The third kappa shape index (κ3) is 2.40. The first-order chi connectivity index (χ1) is 7.81. The van der Waals surface area contributed by atoms with Gasteiger partial charge in [0, 0.05) is 6.04 Å². The van der Waals surface area contributed by atoms with Crippen LogP contribution in [0.3, 0.4) is 0 Å². The number of hydrogen-bond donors (Lipinski definition) is 2. The van der Waals surface area contributed by atoms with Crippen LogP contribution >= 0.6 is 0 Å². The summed E-state index contributed by atoms with van der Waals surface area (Å²) >= 11 is 0. The average Bonchev–Trinajstić information content (AvgIpc) is 2.35. The number of aliphatic hydroxyl groups is 1. The number of aliphatic hydroxyl groups excluding tert-OH is 1. The summed E-state index contributed by atoms with van der Waals surface area (Å²) in [7, 11) is 0.